The zero-order valence-electron chi connectivity index (χ0n) is 15.7. The lowest BCUT2D eigenvalue weighted by atomic mass is 10.0. The number of pyridine rings is 2. The summed E-state index contributed by atoms with van der Waals surface area (Å²) in [6.07, 6.45) is -3.19. The molecule has 0 amide bonds. The molecule has 3 aromatic rings. The number of alkyl halides is 3. The van der Waals surface area contributed by atoms with Gasteiger partial charge in [-0.3, -0.25) is 4.79 Å². The number of aryl methyl sites for hydroxylation is 3. The van der Waals surface area contributed by atoms with Crippen LogP contribution in [0.25, 0.3) is 10.9 Å². The number of halogens is 4. The average Bonchev–Trinajstić information content (AvgIpc) is 2.61. The topological polar surface area (TPSA) is 55.0 Å². The standard InChI is InChI=1S/C20H18ClF3N2O2/c1-5-14-10(3)17(27)16-11(4)18(9(2)6-15(16)26-14)28-19-13(21)7-12(8-25-19)20(22,23)24/h6-8H,5H2,1-4H3,(H,26,27). The van der Waals surface area contributed by atoms with Gasteiger partial charge in [0.1, 0.15) is 10.8 Å². The maximum absolute atomic E-state index is 12.8. The highest BCUT2D eigenvalue weighted by atomic mass is 35.5. The van der Waals surface area contributed by atoms with Crippen molar-refractivity contribution in [3.05, 3.63) is 61.5 Å². The van der Waals surface area contributed by atoms with E-state index in [-0.39, 0.29) is 16.3 Å². The third-order valence-corrected chi connectivity index (χ3v) is 4.97. The number of ether oxygens (including phenoxy) is 1. The van der Waals surface area contributed by atoms with E-state index in [1.54, 1.807) is 26.8 Å². The van der Waals surface area contributed by atoms with Crippen LogP contribution in [0.2, 0.25) is 5.02 Å². The predicted octanol–water partition coefficient (Wildman–Crippen LogP) is 5.88. The van der Waals surface area contributed by atoms with Crippen LogP contribution in [0.15, 0.2) is 23.1 Å². The van der Waals surface area contributed by atoms with Crippen molar-refractivity contribution in [2.24, 2.45) is 0 Å². The van der Waals surface area contributed by atoms with Crippen LogP contribution in [-0.4, -0.2) is 9.97 Å². The van der Waals surface area contributed by atoms with Crippen molar-refractivity contribution in [1.82, 2.24) is 9.97 Å². The minimum absolute atomic E-state index is 0.112. The lowest BCUT2D eigenvalue weighted by Crippen LogP contribution is -2.13. The first-order chi connectivity index (χ1) is 13.0. The molecule has 4 nitrogen and oxygen atoms in total. The Balaban J connectivity index is 2.15. The van der Waals surface area contributed by atoms with Gasteiger partial charge in [-0.1, -0.05) is 18.5 Å². The fraction of sp³-hybridized carbons (Fsp3) is 0.300. The van der Waals surface area contributed by atoms with Gasteiger partial charge in [0.25, 0.3) is 0 Å². The fourth-order valence-corrected chi connectivity index (χ4v) is 3.41. The molecule has 0 aliphatic carbocycles. The summed E-state index contributed by atoms with van der Waals surface area (Å²) >= 11 is 5.95. The molecule has 3 rings (SSSR count). The van der Waals surface area contributed by atoms with E-state index in [0.29, 0.717) is 46.0 Å². The zero-order chi connectivity index (χ0) is 20.8. The van der Waals surface area contributed by atoms with Gasteiger partial charge in [-0.15, -0.1) is 0 Å². The SMILES string of the molecule is CCc1[nH]c2cc(C)c(Oc3ncc(C(F)(F)F)cc3Cl)c(C)c2c(=O)c1C. The molecule has 2 heterocycles. The van der Waals surface area contributed by atoms with Gasteiger partial charge in [0, 0.05) is 23.0 Å². The monoisotopic (exact) mass is 410 g/mol. The number of H-pyrrole nitrogens is 1. The molecular weight excluding hydrogens is 393 g/mol. The van der Waals surface area contributed by atoms with Crippen LogP contribution in [-0.2, 0) is 12.6 Å². The first kappa shape index (κ1) is 20.2. The normalized spacial score (nSPS) is 11.9. The molecule has 0 aliphatic heterocycles. The molecule has 0 bridgehead atoms. The van der Waals surface area contributed by atoms with Gasteiger partial charge in [-0.2, -0.15) is 13.2 Å². The average molecular weight is 411 g/mol. The molecule has 0 fully saturated rings. The van der Waals surface area contributed by atoms with E-state index >= 15 is 0 Å². The van der Waals surface area contributed by atoms with Crippen molar-refractivity contribution in [1.29, 1.82) is 0 Å². The summed E-state index contributed by atoms with van der Waals surface area (Å²) in [5, 5.41) is 0.207. The number of aromatic nitrogens is 2. The maximum Gasteiger partial charge on any atom is 0.417 e. The van der Waals surface area contributed by atoms with Gasteiger partial charge in [-0.05, 0) is 44.9 Å². The van der Waals surface area contributed by atoms with E-state index in [4.69, 9.17) is 16.3 Å². The lowest BCUT2D eigenvalue weighted by molar-refractivity contribution is -0.137. The zero-order valence-corrected chi connectivity index (χ0v) is 16.5. The van der Waals surface area contributed by atoms with E-state index in [1.165, 1.54) is 0 Å². The molecule has 0 aliphatic rings. The van der Waals surface area contributed by atoms with Crippen molar-refractivity contribution >= 4 is 22.5 Å². The van der Waals surface area contributed by atoms with Gasteiger partial charge in [0.15, 0.2) is 5.43 Å². The van der Waals surface area contributed by atoms with Gasteiger partial charge in [-0.25, -0.2) is 4.98 Å². The van der Waals surface area contributed by atoms with Crippen LogP contribution in [0.5, 0.6) is 11.6 Å². The Bertz CT molecular complexity index is 1140. The molecule has 2 aromatic heterocycles. The van der Waals surface area contributed by atoms with Crippen molar-refractivity contribution in [3.63, 3.8) is 0 Å². The largest absolute Gasteiger partial charge is 0.437 e. The second-order valence-electron chi connectivity index (χ2n) is 6.59. The maximum atomic E-state index is 12.8. The summed E-state index contributed by atoms with van der Waals surface area (Å²) in [6, 6.07) is 2.54. The molecular formula is C20H18ClF3N2O2. The van der Waals surface area contributed by atoms with Crippen LogP contribution >= 0.6 is 11.6 Å². The molecule has 1 aromatic carbocycles. The van der Waals surface area contributed by atoms with Crippen molar-refractivity contribution in [2.75, 3.05) is 0 Å². The minimum atomic E-state index is -4.55. The molecule has 0 saturated carbocycles. The van der Waals surface area contributed by atoms with Gasteiger partial charge < -0.3 is 9.72 Å². The van der Waals surface area contributed by atoms with Crippen LogP contribution in [0.3, 0.4) is 0 Å². The lowest BCUT2D eigenvalue weighted by Gasteiger charge is -2.16. The van der Waals surface area contributed by atoms with E-state index in [2.05, 4.69) is 9.97 Å². The molecule has 0 unspecified atom stereocenters. The molecule has 148 valence electrons. The Morgan fingerprint density at radius 1 is 1.18 bits per heavy atom. The van der Waals surface area contributed by atoms with Crippen molar-refractivity contribution in [3.8, 4) is 11.6 Å². The summed E-state index contributed by atoms with van der Waals surface area (Å²) in [5.41, 5.74) is 2.36. The van der Waals surface area contributed by atoms with Crippen LogP contribution in [0.4, 0.5) is 13.2 Å². The Kier molecular flexibility index (Phi) is 5.14. The first-order valence-electron chi connectivity index (χ1n) is 8.60. The number of nitrogens with zero attached hydrogens (tertiary/aromatic N) is 1. The molecule has 0 saturated heterocycles. The highest BCUT2D eigenvalue weighted by Gasteiger charge is 2.32. The summed E-state index contributed by atoms with van der Waals surface area (Å²) in [5.74, 6) is 0.189. The van der Waals surface area contributed by atoms with Gasteiger partial charge in [0.05, 0.1) is 16.5 Å². The van der Waals surface area contributed by atoms with Gasteiger partial charge >= 0.3 is 6.18 Å². The number of benzene rings is 1. The molecule has 0 spiro atoms. The Labute approximate surface area is 164 Å². The van der Waals surface area contributed by atoms with E-state index in [0.717, 1.165) is 11.8 Å². The summed E-state index contributed by atoms with van der Waals surface area (Å²) in [7, 11) is 0. The smallest absolute Gasteiger partial charge is 0.417 e. The van der Waals surface area contributed by atoms with Crippen LogP contribution in [0, 0.1) is 20.8 Å². The summed E-state index contributed by atoms with van der Waals surface area (Å²) in [6.45, 7) is 7.22. The van der Waals surface area contributed by atoms with E-state index < -0.39 is 11.7 Å². The Hall–Kier alpha value is -2.54. The van der Waals surface area contributed by atoms with E-state index in [9.17, 15) is 18.0 Å². The first-order valence-corrected chi connectivity index (χ1v) is 8.98. The number of fused-ring (bicyclic) bond motifs is 1. The second-order valence-corrected chi connectivity index (χ2v) is 7.00. The second kappa shape index (κ2) is 7.13. The third kappa shape index (κ3) is 3.46. The number of nitrogens with one attached hydrogen (secondary N) is 1. The van der Waals surface area contributed by atoms with Gasteiger partial charge in [0.2, 0.25) is 5.88 Å². The fourth-order valence-electron chi connectivity index (χ4n) is 3.20. The third-order valence-electron chi connectivity index (χ3n) is 4.70. The van der Waals surface area contributed by atoms with Crippen LogP contribution in [0.1, 0.15) is 34.9 Å². The molecule has 1 N–H and O–H groups in total. The Morgan fingerprint density at radius 2 is 1.86 bits per heavy atom. The number of rotatable bonds is 3. The van der Waals surface area contributed by atoms with Crippen molar-refractivity contribution in [2.45, 2.75) is 40.3 Å². The van der Waals surface area contributed by atoms with Crippen molar-refractivity contribution < 1.29 is 17.9 Å². The predicted molar refractivity (Wildman–Crippen MR) is 102 cm³/mol. The molecule has 8 heteroatoms. The van der Waals surface area contributed by atoms with Crippen LogP contribution < -0.4 is 10.2 Å². The molecule has 28 heavy (non-hydrogen) atoms. The number of aromatic amines is 1. The summed E-state index contributed by atoms with van der Waals surface area (Å²) < 4.78 is 44.1. The Morgan fingerprint density at radius 3 is 2.43 bits per heavy atom. The molecule has 0 atom stereocenters. The number of hydrogen-bond donors (Lipinski definition) is 1. The highest BCUT2D eigenvalue weighted by Crippen LogP contribution is 2.37. The highest BCUT2D eigenvalue weighted by molar-refractivity contribution is 6.31. The minimum Gasteiger partial charge on any atom is -0.437 e. The summed E-state index contributed by atoms with van der Waals surface area (Å²) in [4.78, 5) is 19.8. The van der Waals surface area contributed by atoms with E-state index in [1.807, 2.05) is 6.92 Å². The quantitative estimate of drug-likeness (QED) is 0.587. The molecule has 0 radical (unpaired) electrons. The number of hydrogen-bond acceptors (Lipinski definition) is 3.